The van der Waals surface area contributed by atoms with Gasteiger partial charge in [-0.2, -0.15) is 0 Å². The van der Waals surface area contributed by atoms with E-state index >= 15 is 0 Å². The number of hydrogen-bond acceptors (Lipinski definition) is 4. The molecule has 0 aliphatic carbocycles. The predicted octanol–water partition coefficient (Wildman–Crippen LogP) is 2.39. The number of nitrogens with zero attached hydrogens (tertiary/aromatic N) is 2. The van der Waals surface area contributed by atoms with Crippen molar-refractivity contribution in [2.45, 2.75) is 32.9 Å². The summed E-state index contributed by atoms with van der Waals surface area (Å²) >= 11 is 0. The van der Waals surface area contributed by atoms with E-state index in [2.05, 4.69) is 16.6 Å². The van der Waals surface area contributed by atoms with Gasteiger partial charge < -0.3 is 5.11 Å². The van der Waals surface area contributed by atoms with E-state index in [0.717, 1.165) is 10.1 Å². The molecule has 1 heterocycles. The third kappa shape index (κ3) is 3.53. The summed E-state index contributed by atoms with van der Waals surface area (Å²) < 4.78 is 1.06. The van der Waals surface area contributed by atoms with Crippen molar-refractivity contribution in [3.63, 3.8) is 0 Å². The van der Waals surface area contributed by atoms with Gasteiger partial charge in [-0.1, -0.05) is 43.3 Å². The van der Waals surface area contributed by atoms with Crippen molar-refractivity contribution in [2.24, 2.45) is 4.99 Å². The lowest BCUT2D eigenvalue weighted by atomic mass is 10.1. The summed E-state index contributed by atoms with van der Waals surface area (Å²) in [6.45, 7) is 7.41. The zero-order valence-corrected chi connectivity index (χ0v) is 13.8. The molecule has 6 heteroatoms. The lowest BCUT2D eigenvalue weighted by Crippen LogP contribution is -2.33. The van der Waals surface area contributed by atoms with Crippen LogP contribution in [0.1, 0.15) is 37.4 Å². The van der Waals surface area contributed by atoms with Crippen LogP contribution in [0.3, 0.4) is 0 Å². The molecule has 2 N–H and O–H groups in total. The molecule has 0 aliphatic heterocycles. The van der Waals surface area contributed by atoms with Gasteiger partial charge in [-0.25, -0.2) is 4.79 Å². The van der Waals surface area contributed by atoms with Crippen LogP contribution in [0.2, 0.25) is 0 Å². The number of aromatic hydroxyl groups is 1. The van der Waals surface area contributed by atoms with Crippen molar-refractivity contribution >= 4 is 5.71 Å². The maximum Gasteiger partial charge on any atom is 0.331 e. The smallest absolute Gasteiger partial charge is 0.331 e. The van der Waals surface area contributed by atoms with E-state index in [1.165, 1.54) is 6.08 Å². The molecule has 126 valence electrons. The SMILES string of the molecule is C=CCn1c(O)c(C(CC)=N[C@H](C)c2ccccc2)c(=O)[nH]c1=O. The van der Waals surface area contributed by atoms with Crippen molar-refractivity contribution < 1.29 is 5.11 Å². The topological polar surface area (TPSA) is 87.4 Å². The lowest BCUT2D eigenvalue weighted by Gasteiger charge is -2.13. The van der Waals surface area contributed by atoms with Crippen LogP contribution in [0.15, 0.2) is 57.6 Å². The Labute approximate surface area is 139 Å². The Kier molecular flexibility index (Phi) is 5.52. The molecule has 0 fully saturated rings. The molecule has 0 amide bonds. The minimum Gasteiger partial charge on any atom is -0.494 e. The number of nitrogens with one attached hydrogen (secondary N) is 1. The first-order chi connectivity index (χ1) is 11.5. The van der Waals surface area contributed by atoms with Gasteiger partial charge in [0.2, 0.25) is 5.88 Å². The van der Waals surface area contributed by atoms with E-state index in [-0.39, 0.29) is 24.0 Å². The van der Waals surface area contributed by atoms with Crippen LogP contribution in [0.4, 0.5) is 0 Å². The van der Waals surface area contributed by atoms with Gasteiger partial charge in [0, 0.05) is 6.54 Å². The second-order valence-electron chi connectivity index (χ2n) is 5.37. The first kappa shape index (κ1) is 17.5. The second-order valence-corrected chi connectivity index (χ2v) is 5.37. The van der Waals surface area contributed by atoms with Gasteiger partial charge in [-0.05, 0) is 18.9 Å². The van der Waals surface area contributed by atoms with Gasteiger partial charge >= 0.3 is 5.69 Å². The Hall–Kier alpha value is -2.89. The fraction of sp³-hybridized carbons (Fsp3) is 0.278. The summed E-state index contributed by atoms with van der Waals surface area (Å²) in [7, 11) is 0. The molecule has 2 aromatic rings. The Morgan fingerprint density at radius 1 is 1.38 bits per heavy atom. The number of aromatic amines is 1. The van der Waals surface area contributed by atoms with Gasteiger partial charge in [0.25, 0.3) is 5.56 Å². The summed E-state index contributed by atoms with van der Waals surface area (Å²) in [5.74, 6) is -0.385. The van der Waals surface area contributed by atoms with Crippen molar-refractivity contribution in [1.29, 1.82) is 0 Å². The Morgan fingerprint density at radius 2 is 2.04 bits per heavy atom. The summed E-state index contributed by atoms with van der Waals surface area (Å²) in [4.78, 5) is 30.8. The molecule has 1 aromatic heterocycles. The Morgan fingerprint density at radius 3 is 2.62 bits per heavy atom. The van der Waals surface area contributed by atoms with Crippen molar-refractivity contribution in [2.75, 3.05) is 0 Å². The number of aliphatic imine (C=N–C) groups is 1. The molecule has 2 rings (SSSR count). The zero-order valence-electron chi connectivity index (χ0n) is 13.8. The minimum absolute atomic E-state index is 0.0294. The highest BCUT2D eigenvalue weighted by atomic mass is 16.3. The molecule has 0 radical (unpaired) electrons. The molecular formula is C18H21N3O3. The quantitative estimate of drug-likeness (QED) is 0.631. The van der Waals surface area contributed by atoms with Crippen LogP contribution in [-0.4, -0.2) is 20.4 Å². The van der Waals surface area contributed by atoms with Crippen LogP contribution in [0.5, 0.6) is 5.88 Å². The van der Waals surface area contributed by atoms with Gasteiger partial charge in [0.05, 0.1) is 11.8 Å². The van der Waals surface area contributed by atoms with Gasteiger partial charge in [0.1, 0.15) is 5.56 Å². The third-order valence-electron chi connectivity index (χ3n) is 3.74. The molecule has 0 spiro atoms. The first-order valence-corrected chi connectivity index (χ1v) is 7.78. The molecule has 0 saturated carbocycles. The van der Waals surface area contributed by atoms with E-state index in [0.29, 0.717) is 12.1 Å². The van der Waals surface area contributed by atoms with Crippen molar-refractivity contribution in [1.82, 2.24) is 9.55 Å². The maximum absolute atomic E-state index is 12.2. The van der Waals surface area contributed by atoms with Gasteiger partial charge in [-0.15, -0.1) is 6.58 Å². The second kappa shape index (κ2) is 7.59. The third-order valence-corrected chi connectivity index (χ3v) is 3.74. The summed E-state index contributed by atoms with van der Waals surface area (Å²) in [5.41, 5.74) is 0.162. The van der Waals surface area contributed by atoms with Gasteiger partial charge in [0.15, 0.2) is 0 Å². The summed E-state index contributed by atoms with van der Waals surface area (Å²) in [6, 6.07) is 9.47. The largest absolute Gasteiger partial charge is 0.494 e. The molecule has 0 aliphatic rings. The Balaban J connectivity index is 2.57. The van der Waals surface area contributed by atoms with Crippen molar-refractivity contribution in [3.05, 3.63) is 75.0 Å². The van der Waals surface area contributed by atoms with E-state index in [1.807, 2.05) is 44.2 Å². The predicted molar refractivity (Wildman–Crippen MR) is 94.9 cm³/mol. The molecule has 6 nitrogen and oxygen atoms in total. The van der Waals surface area contributed by atoms with E-state index in [4.69, 9.17) is 0 Å². The van der Waals surface area contributed by atoms with Crippen molar-refractivity contribution in [3.8, 4) is 5.88 Å². The molecule has 0 bridgehead atoms. The highest BCUT2D eigenvalue weighted by Gasteiger charge is 2.18. The molecule has 1 atom stereocenters. The van der Waals surface area contributed by atoms with Crippen LogP contribution in [0, 0.1) is 0 Å². The van der Waals surface area contributed by atoms with Crippen LogP contribution < -0.4 is 11.2 Å². The fourth-order valence-electron chi connectivity index (χ4n) is 2.49. The van der Waals surface area contributed by atoms with E-state index < -0.39 is 11.2 Å². The molecule has 24 heavy (non-hydrogen) atoms. The standard InChI is InChI=1S/C18H21N3O3/c1-4-11-21-17(23)15(16(22)20-18(21)24)14(5-2)19-12(3)13-9-7-6-8-10-13/h4,6-10,12,23H,1,5,11H2,2-3H3,(H,20,22,24)/t12-/m1/s1. The zero-order chi connectivity index (χ0) is 17.7. The van der Waals surface area contributed by atoms with Crippen LogP contribution in [0.25, 0.3) is 0 Å². The summed E-state index contributed by atoms with van der Waals surface area (Å²) in [6.07, 6.45) is 1.92. The maximum atomic E-state index is 12.2. The number of allylic oxidation sites excluding steroid dienone is 1. The number of rotatable bonds is 6. The minimum atomic E-state index is -0.673. The Bertz CT molecular complexity index is 863. The normalized spacial score (nSPS) is 12.8. The molecule has 0 saturated heterocycles. The number of benzene rings is 1. The van der Waals surface area contributed by atoms with Gasteiger partial charge in [-0.3, -0.25) is 19.3 Å². The average Bonchev–Trinajstić information content (AvgIpc) is 2.58. The molecular weight excluding hydrogens is 306 g/mol. The average molecular weight is 327 g/mol. The van der Waals surface area contributed by atoms with Crippen LogP contribution in [-0.2, 0) is 6.54 Å². The first-order valence-electron chi connectivity index (χ1n) is 7.78. The number of H-pyrrole nitrogens is 1. The summed E-state index contributed by atoms with van der Waals surface area (Å²) in [5, 5.41) is 10.4. The number of hydrogen-bond donors (Lipinski definition) is 2. The lowest BCUT2D eigenvalue weighted by molar-refractivity contribution is 0.409. The fourth-order valence-corrected chi connectivity index (χ4v) is 2.49. The van der Waals surface area contributed by atoms with E-state index in [9.17, 15) is 14.7 Å². The molecule has 1 aromatic carbocycles. The highest BCUT2D eigenvalue weighted by Crippen LogP contribution is 2.20. The van der Waals surface area contributed by atoms with Crippen LogP contribution >= 0.6 is 0 Å². The molecule has 0 unspecified atom stereocenters. The highest BCUT2D eigenvalue weighted by molar-refractivity contribution is 6.02. The monoisotopic (exact) mass is 327 g/mol. The number of aromatic nitrogens is 2. The van der Waals surface area contributed by atoms with E-state index in [1.54, 1.807) is 0 Å².